The van der Waals surface area contributed by atoms with Crippen molar-refractivity contribution in [3.63, 3.8) is 0 Å². The van der Waals surface area contributed by atoms with Crippen LogP contribution >= 0.6 is 11.3 Å². The predicted octanol–water partition coefficient (Wildman–Crippen LogP) is 13.1. The van der Waals surface area contributed by atoms with Crippen molar-refractivity contribution in [2.24, 2.45) is 0 Å². The molecular formula is C50H31N5S. The van der Waals surface area contributed by atoms with Gasteiger partial charge in [-0.1, -0.05) is 152 Å². The van der Waals surface area contributed by atoms with E-state index < -0.39 is 0 Å². The zero-order valence-electron chi connectivity index (χ0n) is 30.0. The SMILES string of the molecule is c1ccc(-c2cc(-n3c4ccccc4c4ccccc43)c(-c3nc(-c4ccccc4)nc(-c4cccc(-c5cccc6c5sc5ccccc56)c4)n3)cn2)cc1. The van der Waals surface area contributed by atoms with Crippen LogP contribution in [-0.4, -0.2) is 24.5 Å². The highest BCUT2D eigenvalue weighted by molar-refractivity contribution is 7.26. The third-order valence-corrected chi connectivity index (χ3v) is 11.7. The molecule has 0 saturated heterocycles. The van der Waals surface area contributed by atoms with E-state index in [4.69, 9.17) is 19.9 Å². The van der Waals surface area contributed by atoms with Crippen molar-refractivity contribution in [3.05, 3.63) is 188 Å². The van der Waals surface area contributed by atoms with Crippen LogP contribution in [0.5, 0.6) is 0 Å². The molecule has 11 rings (SSSR count). The van der Waals surface area contributed by atoms with Gasteiger partial charge in [-0.25, -0.2) is 15.0 Å². The molecule has 0 aliphatic rings. The largest absolute Gasteiger partial charge is 0.308 e. The van der Waals surface area contributed by atoms with Crippen LogP contribution in [0.25, 0.3) is 104 Å². The Kier molecular flexibility index (Phi) is 7.60. The summed E-state index contributed by atoms with van der Waals surface area (Å²) < 4.78 is 4.88. The van der Waals surface area contributed by atoms with E-state index in [9.17, 15) is 0 Å². The van der Waals surface area contributed by atoms with Crippen LogP contribution < -0.4 is 0 Å². The van der Waals surface area contributed by atoms with Crippen LogP contribution in [-0.2, 0) is 0 Å². The van der Waals surface area contributed by atoms with Crippen LogP contribution in [0.2, 0.25) is 0 Å². The zero-order chi connectivity index (χ0) is 37.0. The summed E-state index contributed by atoms with van der Waals surface area (Å²) in [6, 6.07) is 63.5. The summed E-state index contributed by atoms with van der Waals surface area (Å²) in [6.07, 6.45) is 1.92. The van der Waals surface area contributed by atoms with Gasteiger partial charge in [-0.3, -0.25) is 4.98 Å². The highest BCUT2D eigenvalue weighted by atomic mass is 32.1. The molecule has 0 bridgehead atoms. The molecule has 7 aromatic carbocycles. The van der Waals surface area contributed by atoms with Gasteiger partial charge < -0.3 is 4.57 Å². The third kappa shape index (κ3) is 5.38. The second-order valence-electron chi connectivity index (χ2n) is 13.9. The molecule has 0 unspecified atom stereocenters. The minimum Gasteiger partial charge on any atom is -0.308 e. The van der Waals surface area contributed by atoms with Gasteiger partial charge in [0.05, 0.1) is 28.0 Å². The molecule has 11 aromatic rings. The van der Waals surface area contributed by atoms with E-state index >= 15 is 0 Å². The summed E-state index contributed by atoms with van der Waals surface area (Å²) in [6.45, 7) is 0. The number of rotatable bonds is 6. The molecule has 262 valence electrons. The van der Waals surface area contributed by atoms with Gasteiger partial charge in [0.2, 0.25) is 0 Å². The lowest BCUT2D eigenvalue weighted by Crippen LogP contribution is -2.05. The summed E-state index contributed by atoms with van der Waals surface area (Å²) >= 11 is 1.83. The highest BCUT2D eigenvalue weighted by Crippen LogP contribution is 2.41. The van der Waals surface area contributed by atoms with E-state index in [0.29, 0.717) is 17.5 Å². The maximum atomic E-state index is 5.29. The normalized spacial score (nSPS) is 11.6. The van der Waals surface area contributed by atoms with Crippen molar-refractivity contribution in [2.45, 2.75) is 0 Å². The molecule has 0 spiro atoms. The molecule has 0 aliphatic carbocycles. The molecule has 0 amide bonds. The van der Waals surface area contributed by atoms with Crippen LogP contribution in [0.3, 0.4) is 0 Å². The second kappa shape index (κ2) is 13.2. The molecular weight excluding hydrogens is 703 g/mol. The Labute approximate surface area is 326 Å². The summed E-state index contributed by atoms with van der Waals surface area (Å²) in [5, 5.41) is 4.91. The van der Waals surface area contributed by atoms with Gasteiger partial charge >= 0.3 is 0 Å². The molecule has 56 heavy (non-hydrogen) atoms. The fourth-order valence-electron chi connectivity index (χ4n) is 7.89. The van der Waals surface area contributed by atoms with E-state index in [1.54, 1.807) is 0 Å². The van der Waals surface area contributed by atoms with Crippen molar-refractivity contribution in [1.29, 1.82) is 0 Å². The molecule has 0 aliphatic heterocycles. The Morgan fingerprint density at radius 1 is 0.393 bits per heavy atom. The van der Waals surface area contributed by atoms with Gasteiger partial charge in [-0.05, 0) is 41.5 Å². The Hall–Kier alpha value is -7.28. The minimum absolute atomic E-state index is 0.551. The minimum atomic E-state index is 0.551. The number of fused-ring (bicyclic) bond motifs is 6. The summed E-state index contributed by atoms with van der Waals surface area (Å²) in [5.41, 5.74) is 9.98. The quantitative estimate of drug-likeness (QED) is 0.171. The fraction of sp³-hybridized carbons (Fsp3) is 0. The summed E-state index contributed by atoms with van der Waals surface area (Å²) in [7, 11) is 0. The Bertz CT molecular complexity index is 3200. The molecule has 0 radical (unpaired) electrons. The third-order valence-electron chi connectivity index (χ3n) is 10.5. The Morgan fingerprint density at radius 3 is 1.70 bits per heavy atom. The number of benzene rings is 7. The van der Waals surface area contributed by atoms with Gasteiger partial charge in [0.1, 0.15) is 0 Å². The van der Waals surface area contributed by atoms with Crippen molar-refractivity contribution >= 4 is 53.3 Å². The van der Waals surface area contributed by atoms with Crippen molar-refractivity contribution in [1.82, 2.24) is 24.5 Å². The number of pyridine rings is 1. The van der Waals surface area contributed by atoms with Crippen LogP contribution in [0.15, 0.2) is 188 Å². The number of thiophene rings is 1. The number of hydrogen-bond acceptors (Lipinski definition) is 5. The van der Waals surface area contributed by atoms with E-state index in [1.165, 1.54) is 36.5 Å². The standard InChI is InChI=1S/C50H31N5S/c1-3-15-32(16-4-1)42-30-45(55-43-26-10-7-21-37(43)38-22-8-11-27-44(38)55)41(31-51-42)50-53-48(33-17-5-2-6-18-33)52-49(54-50)35-20-13-19-34(29-35)36-24-14-25-40-39-23-9-12-28-46(39)56-47(36)40/h1-31H. The lowest BCUT2D eigenvalue weighted by molar-refractivity contribution is 1.06. The van der Waals surface area contributed by atoms with Gasteiger partial charge in [0.25, 0.3) is 0 Å². The first-order valence-corrected chi connectivity index (χ1v) is 19.5. The van der Waals surface area contributed by atoms with Crippen molar-refractivity contribution in [2.75, 3.05) is 0 Å². The lowest BCUT2D eigenvalue weighted by Gasteiger charge is -2.16. The monoisotopic (exact) mass is 733 g/mol. The van der Waals surface area contributed by atoms with Gasteiger partial charge in [-0.2, -0.15) is 0 Å². The number of hydrogen-bond donors (Lipinski definition) is 0. The maximum Gasteiger partial charge on any atom is 0.167 e. The molecule has 0 saturated carbocycles. The number of para-hydroxylation sites is 2. The molecule has 0 atom stereocenters. The first kappa shape index (κ1) is 32.2. The number of nitrogens with zero attached hydrogens (tertiary/aromatic N) is 5. The lowest BCUT2D eigenvalue weighted by atomic mass is 10.0. The summed E-state index contributed by atoms with van der Waals surface area (Å²) in [5.74, 6) is 1.75. The van der Waals surface area contributed by atoms with Crippen molar-refractivity contribution < 1.29 is 0 Å². The molecule has 5 nitrogen and oxygen atoms in total. The van der Waals surface area contributed by atoms with Crippen LogP contribution in [0.4, 0.5) is 0 Å². The van der Waals surface area contributed by atoms with Crippen LogP contribution in [0, 0.1) is 0 Å². The first-order valence-electron chi connectivity index (χ1n) is 18.6. The average Bonchev–Trinajstić information content (AvgIpc) is 3.83. The van der Waals surface area contributed by atoms with Crippen LogP contribution in [0.1, 0.15) is 0 Å². The smallest absolute Gasteiger partial charge is 0.167 e. The van der Waals surface area contributed by atoms with E-state index in [1.807, 2.05) is 66.1 Å². The topological polar surface area (TPSA) is 56.5 Å². The Balaban J connectivity index is 1.15. The second-order valence-corrected chi connectivity index (χ2v) is 14.9. The first-order chi connectivity index (χ1) is 27.8. The predicted molar refractivity (Wildman–Crippen MR) is 232 cm³/mol. The maximum absolute atomic E-state index is 5.29. The van der Waals surface area contributed by atoms with Gasteiger partial charge in [-0.15, -0.1) is 11.3 Å². The summed E-state index contributed by atoms with van der Waals surface area (Å²) in [4.78, 5) is 20.7. The van der Waals surface area contributed by atoms with E-state index in [0.717, 1.165) is 50.2 Å². The van der Waals surface area contributed by atoms with Gasteiger partial charge in [0.15, 0.2) is 17.5 Å². The molecule has 4 heterocycles. The zero-order valence-corrected chi connectivity index (χ0v) is 30.9. The van der Waals surface area contributed by atoms with Crippen molar-refractivity contribution in [3.8, 4) is 62.2 Å². The average molecular weight is 734 g/mol. The molecule has 6 heteroatoms. The highest BCUT2D eigenvalue weighted by Gasteiger charge is 2.21. The molecule has 4 aromatic heterocycles. The number of aromatic nitrogens is 5. The van der Waals surface area contributed by atoms with Gasteiger partial charge in [0, 0.05) is 53.8 Å². The fourth-order valence-corrected chi connectivity index (χ4v) is 9.13. The molecule has 0 fully saturated rings. The van der Waals surface area contributed by atoms with E-state index in [-0.39, 0.29) is 0 Å². The van der Waals surface area contributed by atoms with E-state index in [2.05, 4.69) is 138 Å². The molecule has 0 N–H and O–H groups in total. The Morgan fingerprint density at radius 2 is 0.946 bits per heavy atom.